The Bertz CT molecular complexity index is 1360. The summed E-state index contributed by atoms with van der Waals surface area (Å²) in [6.07, 6.45) is 12.0. The number of unbranched alkanes of at least 4 members (excludes halogenated alkanes) is 1. The van der Waals surface area contributed by atoms with Crippen LogP contribution in [0.5, 0.6) is 0 Å². The van der Waals surface area contributed by atoms with Gasteiger partial charge in [0, 0.05) is 23.1 Å². The van der Waals surface area contributed by atoms with Crippen molar-refractivity contribution in [3.8, 4) is 6.07 Å². The predicted molar refractivity (Wildman–Crippen MR) is 162 cm³/mol. The minimum atomic E-state index is -0.0108. The van der Waals surface area contributed by atoms with Crippen LogP contribution in [0.1, 0.15) is 133 Å². The molecule has 3 nitrogen and oxygen atoms in total. The first kappa shape index (κ1) is 25.5. The molecule has 1 saturated heterocycles. The zero-order valence-electron chi connectivity index (χ0n) is 25.1. The van der Waals surface area contributed by atoms with Gasteiger partial charge in [0.2, 0.25) is 0 Å². The second-order valence-corrected chi connectivity index (χ2v) is 14.1. The van der Waals surface area contributed by atoms with E-state index in [2.05, 4.69) is 87.7 Å². The summed E-state index contributed by atoms with van der Waals surface area (Å²) in [5.74, 6) is 2.36. The minimum absolute atomic E-state index is 0.0108. The maximum Gasteiger partial charge on any atom is 0.113 e. The summed E-state index contributed by atoms with van der Waals surface area (Å²) < 4.78 is 0. The van der Waals surface area contributed by atoms with Crippen molar-refractivity contribution in [1.82, 2.24) is 0 Å². The van der Waals surface area contributed by atoms with Crippen molar-refractivity contribution in [3.63, 3.8) is 0 Å². The smallest absolute Gasteiger partial charge is 0.113 e. The fraction of sp³-hybridized carbons (Fsp3) is 0.639. The number of rotatable bonds is 6. The van der Waals surface area contributed by atoms with Gasteiger partial charge in [0.25, 0.3) is 0 Å². The van der Waals surface area contributed by atoms with Gasteiger partial charge in [0.05, 0.1) is 23.0 Å². The summed E-state index contributed by atoms with van der Waals surface area (Å²) in [7, 11) is 0. The summed E-state index contributed by atoms with van der Waals surface area (Å²) in [6, 6.07) is 14.4. The molecule has 0 N–H and O–H groups in total. The van der Waals surface area contributed by atoms with Crippen LogP contribution < -0.4 is 9.80 Å². The Labute approximate surface area is 236 Å². The summed E-state index contributed by atoms with van der Waals surface area (Å²) >= 11 is 0. The average Bonchev–Trinajstić information content (AvgIpc) is 3.44. The molecule has 0 spiro atoms. The molecular weight excluding hydrogens is 474 g/mol. The van der Waals surface area contributed by atoms with Gasteiger partial charge in [-0.15, -0.1) is 0 Å². The van der Waals surface area contributed by atoms with E-state index in [-0.39, 0.29) is 16.2 Å². The van der Waals surface area contributed by atoms with Gasteiger partial charge in [-0.3, -0.25) is 0 Å². The van der Waals surface area contributed by atoms with Crippen LogP contribution in [0.4, 0.5) is 17.1 Å². The summed E-state index contributed by atoms with van der Waals surface area (Å²) in [6.45, 7) is 15.9. The lowest BCUT2D eigenvalue weighted by molar-refractivity contribution is -0.0123. The Balaban J connectivity index is 1.47. The maximum absolute atomic E-state index is 9.91. The Hall–Kier alpha value is -2.47. The zero-order valence-corrected chi connectivity index (χ0v) is 25.1. The molecule has 6 aliphatic rings. The molecule has 0 amide bonds. The van der Waals surface area contributed by atoms with Crippen LogP contribution in [0, 0.1) is 28.1 Å². The third-order valence-corrected chi connectivity index (χ3v) is 13.3. The topological polar surface area (TPSA) is 30.3 Å². The average molecular weight is 522 g/mol. The number of nitrogens with zero attached hydrogens (tertiary/aromatic N) is 3. The fourth-order valence-corrected chi connectivity index (χ4v) is 10.8. The highest BCUT2D eigenvalue weighted by molar-refractivity contribution is 5.90. The molecule has 3 aliphatic heterocycles. The van der Waals surface area contributed by atoms with Gasteiger partial charge >= 0.3 is 0 Å². The van der Waals surface area contributed by atoms with Gasteiger partial charge in [-0.05, 0) is 115 Å². The van der Waals surface area contributed by atoms with Crippen LogP contribution >= 0.6 is 0 Å². The van der Waals surface area contributed by atoms with Crippen LogP contribution in [0.3, 0.4) is 0 Å². The van der Waals surface area contributed by atoms with Crippen molar-refractivity contribution in [2.45, 2.75) is 123 Å². The Morgan fingerprint density at radius 1 is 0.923 bits per heavy atom. The van der Waals surface area contributed by atoms with Crippen LogP contribution in [-0.4, -0.2) is 12.7 Å². The normalized spacial score (nSPS) is 34.4. The Kier molecular flexibility index (Phi) is 5.57. The van der Waals surface area contributed by atoms with Crippen molar-refractivity contribution in [1.29, 1.82) is 5.26 Å². The molecule has 3 heterocycles. The molecule has 0 aromatic heterocycles. The first-order valence-electron chi connectivity index (χ1n) is 16.1. The highest BCUT2D eigenvalue weighted by atomic mass is 15.5. The van der Waals surface area contributed by atoms with Crippen LogP contribution in [0.15, 0.2) is 30.3 Å². The Morgan fingerprint density at radius 3 is 2.38 bits per heavy atom. The van der Waals surface area contributed by atoms with E-state index in [1.807, 2.05) is 0 Å². The molecule has 2 fully saturated rings. The maximum atomic E-state index is 9.91. The molecule has 2 aromatic rings. The first-order valence-corrected chi connectivity index (χ1v) is 16.1. The van der Waals surface area contributed by atoms with Gasteiger partial charge in [0.15, 0.2) is 0 Å². The van der Waals surface area contributed by atoms with Gasteiger partial charge < -0.3 is 9.80 Å². The second-order valence-electron chi connectivity index (χ2n) is 14.1. The van der Waals surface area contributed by atoms with Gasteiger partial charge in [-0.2, -0.15) is 5.26 Å². The van der Waals surface area contributed by atoms with Crippen LogP contribution in [-0.2, 0) is 5.41 Å². The SMILES string of the molecule is CCCCC1CC2CCC1c1cc3c(cc12)N1c2ccc(C#N)cc2C(C)(CC)C2(C)C1N3CC2(CC)CC. The van der Waals surface area contributed by atoms with Gasteiger partial charge in [0.1, 0.15) is 6.17 Å². The quantitative estimate of drug-likeness (QED) is 0.379. The second kappa shape index (κ2) is 8.52. The lowest BCUT2D eigenvalue weighted by Gasteiger charge is -2.61. The number of fused-ring (bicyclic) bond motifs is 7. The number of hydrogen-bond donors (Lipinski definition) is 0. The molecular formula is C36H47N3. The van der Waals surface area contributed by atoms with E-state index in [4.69, 9.17) is 0 Å². The van der Waals surface area contributed by atoms with Crippen LogP contribution in [0.2, 0.25) is 0 Å². The monoisotopic (exact) mass is 521 g/mol. The number of nitriles is 1. The molecule has 206 valence electrons. The highest BCUT2D eigenvalue weighted by Crippen LogP contribution is 2.73. The molecule has 1 saturated carbocycles. The standard InChI is InChI=1S/C36H47N3/c1-7-11-12-24-18-25-14-15-26(24)28-20-31-32(19-27(25)28)39-30-16-13-23(21-37)17-29(30)34(5,8-2)35(6)33(39)38(31)22-36(35,9-3)10-4/h13,16-17,19-20,24-26,33H,7-12,14-15,18,22H2,1-6H3. The summed E-state index contributed by atoms with van der Waals surface area (Å²) in [5, 5.41) is 9.91. The van der Waals surface area contributed by atoms with E-state index in [1.165, 1.54) is 74.0 Å². The highest BCUT2D eigenvalue weighted by Gasteiger charge is 2.72. The molecule has 8 rings (SSSR count). The molecule has 6 atom stereocenters. The molecule has 6 unspecified atom stereocenters. The third-order valence-electron chi connectivity index (χ3n) is 13.3. The first-order chi connectivity index (χ1) is 18.8. The molecule has 3 heteroatoms. The Morgan fingerprint density at radius 2 is 1.69 bits per heavy atom. The molecule has 39 heavy (non-hydrogen) atoms. The number of benzene rings is 2. The van der Waals surface area contributed by atoms with E-state index >= 15 is 0 Å². The van der Waals surface area contributed by atoms with Crippen LogP contribution in [0.25, 0.3) is 0 Å². The van der Waals surface area contributed by atoms with E-state index < -0.39 is 0 Å². The van der Waals surface area contributed by atoms with Crippen molar-refractivity contribution < 1.29 is 0 Å². The molecule has 3 aliphatic carbocycles. The fourth-order valence-electron chi connectivity index (χ4n) is 10.8. The minimum Gasteiger partial charge on any atom is -0.348 e. The van der Waals surface area contributed by atoms with E-state index in [9.17, 15) is 5.26 Å². The number of hydrogen-bond acceptors (Lipinski definition) is 3. The van der Waals surface area contributed by atoms with Gasteiger partial charge in [-0.1, -0.05) is 54.4 Å². The molecule has 2 bridgehead atoms. The third kappa shape index (κ3) is 2.89. The van der Waals surface area contributed by atoms with Gasteiger partial charge in [-0.25, -0.2) is 0 Å². The van der Waals surface area contributed by atoms with Crippen molar-refractivity contribution in [3.05, 3.63) is 52.6 Å². The van der Waals surface area contributed by atoms with Crippen molar-refractivity contribution in [2.75, 3.05) is 16.3 Å². The van der Waals surface area contributed by atoms with E-state index in [0.29, 0.717) is 6.17 Å². The zero-order chi connectivity index (χ0) is 27.3. The predicted octanol–water partition coefficient (Wildman–Crippen LogP) is 9.52. The summed E-state index contributed by atoms with van der Waals surface area (Å²) in [4.78, 5) is 5.59. The molecule has 2 aromatic carbocycles. The van der Waals surface area contributed by atoms with E-state index in [1.54, 1.807) is 11.1 Å². The number of anilines is 3. The largest absolute Gasteiger partial charge is 0.348 e. The van der Waals surface area contributed by atoms with Crippen molar-refractivity contribution >= 4 is 17.1 Å². The van der Waals surface area contributed by atoms with Crippen molar-refractivity contribution in [2.24, 2.45) is 16.7 Å². The lowest BCUT2D eigenvalue weighted by Crippen LogP contribution is -2.63. The summed E-state index contributed by atoms with van der Waals surface area (Å²) in [5.41, 5.74) is 10.1. The molecule has 0 radical (unpaired) electrons. The lowest BCUT2D eigenvalue weighted by atomic mass is 9.46. The van der Waals surface area contributed by atoms with E-state index in [0.717, 1.165) is 36.3 Å².